The predicted octanol–water partition coefficient (Wildman–Crippen LogP) is 2.62. The van der Waals surface area contributed by atoms with Gasteiger partial charge in [-0.15, -0.1) is 0 Å². The van der Waals surface area contributed by atoms with Gasteiger partial charge in [-0.2, -0.15) is 8.42 Å². The van der Waals surface area contributed by atoms with Gasteiger partial charge in [-0.3, -0.25) is 9.08 Å². The Hall–Kier alpha value is -2.39. The summed E-state index contributed by atoms with van der Waals surface area (Å²) in [7, 11) is -4.21. The molecule has 136 valence electrons. The summed E-state index contributed by atoms with van der Waals surface area (Å²) in [5.41, 5.74) is 0.965. The summed E-state index contributed by atoms with van der Waals surface area (Å²) in [6.45, 7) is 0.937. The monoisotopic (exact) mass is 394 g/mol. The van der Waals surface area contributed by atoms with Gasteiger partial charge in [-0.05, 0) is 29.8 Å². The van der Waals surface area contributed by atoms with Crippen LogP contribution >= 0.6 is 11.8 Å². The van der Waals surface area contributed by atoms with Gasteiger partial charge in [0.2, 0.25) is 5.04 Å². The summed E-state index contributed by atoms with van der Waals surface area (Å²) in [6.07, 6.45) is 0. The molecule has 1 saturated heterocycles. The molecule has 2 aromatic rings. The first kappa shape index (κ1) is 18.4. The first-order valence-electron chi connectivity index (χ1n) is 7.69. The maximum atomic E-state index is 12.9. The Morgan fingerprint density at radius 3 is 2.50 bits per heavy atom. The van der Waals surface area contributed by atoms with E-state index in [1.54, 1.807) is 4.90 Å². The summed E-state index contributed by atoms with van der Waals surface area (Å²) in [4.78, 5) is 13.8. The molecule has 0 spiro atoms. The molecule has 3 rings (SSSR count). The summed E-state index contributed by atoms with van der Waals surface area (Å²) in [5.74, 6) is -0.374. The normalized spacial score (nSPS) is 16.7. The van der Waals surface area contributed by atoms with E-state index in [-0.39, 0.29) is 15.8 Å². The van der Waals surface area contributed by atoms with Crippen molar-refractivity contribution < 1.29 is 21.9 Å². The molecule has 2 aromatic carbocycles. The molecular weight excluding hydrogens is 379 g/mol. The van der Waals surface area contributed by atoms with E-state index in [0.717, 1.165) is 41.6 Å². The summed E-state index contributed by atoms with van der Waals surface area (Å²) >= 11 is 1.13. The van der Waals surface area contributed by atoms with Gasteiger partial charge in [0.05, 0.1) is 0 Å². The molecular formula is C17H15FN2O4S2. The number of carbonyl (C=O) groups is 1. The molecule has 1 aliphatic rings. The zero-order valence-corrected chi connectivity index (χ0v) is 15.2. The van der Waals surface area contributed by atoms with Crippen LogP contribution in [0.5, 0.6) is 0 Å². The second kappa shape index (κ2) is 7.88. The van der Waals surface area contributed by atoms with E-state index in [1.165, 1.54) is 0 Å². The zero-order chi connectivity index (χ0) is 18.6. The van der Waals surface area contributed by atoms with Gasteiger partial charge in [0.15, 0.2) is 0 Å². The maximum absolute atomic E-state index is 12.9. The molecule has 1 amide bonds. The maximum Gasteiger partial charge on any atom is 0.358 e. The fourth-order valence-corrected chi connectivity index (χ4v) is 3.92. The molecule has 0 saturated carbocycles. The summed E-state index contributed by atoms with van der Waals surface area (Å²) < 4.78 is 41.7. The van der Waals surface area contributed by atoms with Gasteiger partial charge in [-0.1, -0.05) is 47.2 Å². The van der Waals surface area contributed by atoms with Gasteiger partial charge in [-0.25, -0.2) is 4.39 Å². The highest BCUT2D eigenvalue weighted by Gasteiger charge is 2.27. The molecule has 9 heteroatoms. The minimum atomic E-state index is -4.21. The van der Waals surface area contributed by atoms with E-state index in [0.29, 0.717) is 18.8 Å². The van der Waals surface area contributed by atoms with Crippen molar-refractivity contribution in [3.05, 3.63) is 66.0 Å². The molecule has 1 aliphatic heterocycles. The number of oxime groups is 1. The molecule has 0 aromatic heterocycles. The van der Waals surface area contributed by atoms with E-state index >= 15 is 0 Å². The smallest absolute Gasteiger partial charge is 0.332 e. The highest BCUT2D eigenvalue weighted by Crippen LogP contribution is 2.19. The van der Waals surface area contributed by atoms with Crippen molar-refractivity contribution in [2.45, 2.75) is 11.4 Å². The second-order valence-corrected chi connectivity index (χ2v) is 8.05. The topological polar surface area (TPSA) is 76.0 Å². The first-order valence-corrected chi connectivity index (χ1v) is 10.1. The lowest BCUT2D eigenvalue weighted by molar-refractivity contribution is -0.124. The Morgan fingerprint density at radius 1 is 1.12 bits per heavy atom. The van der Waals surface area contributed by atoms with Crippen molar-refractivity contribution in [1.82, 2.24) is 4.90 Å². The third-order valence-electron chi connectivity index (χ3n) is 3.61. The lowest BCUT2D eigenvalue weighted by atomic mass is 10.2. The largest absolute Gasteiger partial charge is 0.358 e. The average Bonchev–Trinajstić information content (AvgIpc) is 2.64. The third kappa shape index (κ3) is 4.41. The average molecular weight is 394 g/mol. The fourth-order valence-electron chi connectivity index (χ4n) is 2.30. The third-order valence-corrected chi connectivity index (χ3v) is 5.64. The molecule has 1 heterocycles. The van der Waals surface area contributed by atoms with Crippen LogP contribution in [0.15, 0.2) is 64.6 Å². The first-order chi connectivity index (χ1) is 12.5. The molecule has 0 aliphatic carbocycles. The van der Waals surface area contributed by atoms with Crippen molar-refractivity contribution in [2.24, 2.45) is 5.16 Å². The number of carbonyl (C=O) groups excluding carboxylic acids is 1. The van der Waals surface area contributed by atoms with Gasteiger partial charge in [0, 0.05) is 18.8 Å². The van der Waals surface area contributed by atoms with Crippen LogP contribution < -0.4 is 0 Å². The molecule has 0 bridgehead atoms. The summed E-state index contributed by atoms with van der Waals surface area (Å²) in [5, 5.41) is 3.50. The Kier molecular flexibility index (Phi) is 5.58. The van der Waals surface area contributed by atoms with Crippen LogP contribution in [0.2, 0.25) is 0 Å². The summed E-state index contributed by atoms with van der Waals surface area (Å²) in [6, 6.07) is 13.6. The van der Waals surface area contributed by atoms with Crippen molar-refractivity contribution in [3.63, 3.8) is 0 Å². The number of thioether (sulfide) groups is 1. The van der Waals surface area contributed by atoms with E-state index < -0.39 is 15.9 Å². The van der Waals surface area contributed by atoms with E-state index in [1.807, 2.05) is 30.3 Å². The van der Waals surface area contributed by atoms with Crippen LogP contribution in [-0.4, -0.2) is 36.6 Å². The molecule has 1 fully saturated rings. The molecule has 0 N–H and O–H groups in total. The van der Waals surface area contributed by atoms with Crippen LogP contribution in [-0.2, 0) is 25.7 Å². The van der Waals surface area contributed by atoms with Gasteiger partial charge in [0.1, 0.15) is 10.7 Å². The van der Waals surface area contributed by atoms with Crippen molar-refractivity contribution in [2.75, 3.05) is 12.3 Å². The second-order valence-electron chi connectivity index (χ2n) is 5.44. The Balaban J connectivity index is 1.71. The van der Waals surface area contributed by atoms with E-state index in [2.05, 4.69) is 9.44 Å². The van der Waals surface area contributed by atoms with Crippen LogP contribution in [0, 0.1) is 5.82 Å². The zero-order valence-electron chi connectivity index (χ0n) is 13.5. The number of rotatable bonds is 5. The van der Waals surface area contributed by atoms with Crippen LogP contribution in [0.1, 0.15) is 5.56 Å². The molecule has 26 heavy (non-hydrogen) atoms. The molecule has 6 nitrogen and oxygen atoms in total. The van der Waals surface area contributed by atoms with Crippen LogP contribution in [0.3, 0.4) is 0 Å². The number of amides is 1. The van der Waals surface area contributed by atoms with Gasteiger partial charge < -0.3 is 4.90 Å². The highest BCUT2D eigenvalue weighted by molar-refractivity contribution is 8.15. The Morgan fingerprint density at radius 2 is 1.81 bits per heavy atom. The van der Waals surface area contributed by atoms with Crippen molar-refractivity contribution >= 4 is 32.8 Å². The number of hydrogen-bond donors (Lipinski definition) is 0. The number of benzene rings is 2. The number of hydrogen-bond acceptors (Lipinski definition) is 6. The fraction of sp³-hybridized carbons (Fsp3) is 0.176. The standard InChI is InChI=1S/C17H15FN2O4S2/c18-14-6-8-15(9-7-14)26(22,23)24-19-16-17(21)20(10-11-25-16)12-13-4-2-1-3-5-13/h1-9H,10-12H2. The minimum Gasteiger partial charge on any atom is -0.332 e. The SMILES string of the molecule is O=C1C(=NOS(=O)(=O)c2ccc(F)cc2)SCCN1Cc1ccccc1. The number of nitrogens with zero attached hydrogens (tertiary/aromatic N) is 2. The lowest BCUT2D eigenvalue weighted by Crippen LogP contribution is -2.40. The Labute approximate surface area is 154 Å². The van der Waals surface area contributed by atoms with Crippen LogP contribution in [0.4, 0.5) is 4.39 Å². The van der Waals surface area contributed by atoms with E-state index in [9.17, 15) is 17.6 Å². The van der Waals surface area contributed by atoms with Gasteiger partial charge in [0.25, 0.3) is 5.91 Å². The molecule has 0 atom stereocenters. The number of halogens is 1. The van der Waals surface area contributed by atoms with Gasteiger partial charge >= 0.3 is 10.1 Å². The Bertz CT molecular complexity index is 916. The molecule has 0 radical (unpaired) electrons. The predicted molar refractivity (Wildman–Crippen MR) is 96.4 cm³/mol. The van der Waals surface area contributed by atoms with E-state index in [4.69, 9.17) is 0 Å². The lowest BCUT2D eigenvalue weighted by Gasteiger charge is -2.26. The molecule has 0 unspecified atom stereocenters. The van der Waals surface area contributed by atoms with Crippen molar-refractivity contribution in [3.8, 4) is 0 Å². The van der Waals surface area contributed by atoms with Crippen molar-refractivity contribution in [1.29, 1.82) is 0 Å². The van der Waals surface area contributed by atoms with Crippen LogP contribution in [0.25, 0.3) is 0 Å². The minimum absolute atomic E-state index is 0.0298. The quantitative estimate of drug-likeness (QED) is 0.729. The highest BCUT2D eigenvalue weighted by atomic mass is 32.2.